The molecule has 0 aliphatic heterocycles. The molecule has 1 atom stereocenters. The number of pyridine rings is 1. The first-order chi connectivity index (χ1) is 23.8. The van der Waals surface area contributed by atoms with Crippen LogP contribution in [0.1, 0.15) is 90.8 Å². The van der Waals surface area contributed by atoms with Crippen LogP contribution in [0.25, 0.3) is 33.5 Å². The summed E-state index contributed by atoms with van der Waals surface area (Å²) >= 11 is 0. The molecule has 0 fully saturated rings. The minimum Gasteiger partial charge on any atom is -0.493 e. The Hall–Kier alpha value is -5.11. The maximum absolute atomic E-state index is 14.4. The van der Waals surface area contributed by atoms with Crippen molar-refractivity contribution in [1.29, 1.82) is 0 Å². The fourth-order valence-corrected chi connectivity index (χ4v) is 7.10. The fourth-order valence-electron chi connectivity index (χ4n) is 7.10. The van der Waals surface area contributed by atoms with E-state index in [4.69, 9.17) is 28.3 Å². The Morgan fingerprint density at radius 3 is 2.30 bits per heavy atom. The Morgan fingerprint density at radius 1 is 0.960 bits per heavy atom. The van der Waals surface area contributed by atoms with Crippen molar-refractivity contribution in [3.8, 4) is 17.2 Å². The number of hydrogen-bond acceptors (Lipinski definition) is 8. The Bertz CT molecular complexity index is 2180. The summed E-state index contributed by atoms with van der Waals surface area (Å²) in [5, 5.41) is 1.49. The van der Waals surface area contributed by atoms with Crippen LogP contribution in [0, 0.1) is 18.3 Å². The minimum atomic E-state index is -0.485. The molecule has 0 unspecified atom stereocenters. The Kier molecular flexibility index (Phi) is 9.49. The van der Waals surface area contributed by atoms with Gasteiger partial charge in [-0.2, -0.15) is 0 Å². The lowest BCUT2D eigenvalue weighted by Gasteiger charge is -2.36. The van der Waals surface area contributed by atoms with Crippen molar-refractivity contribution in [2.75, 3.05) is 21.3 Å². The quantitative estimate of drug-likeness (QED) is 0.119. The molecule has 2 heterocycles. The third kappa shape index (κ3) is 6.59. The maximum Gasteiger partial charge on any atom is 0.339 e. The lowest BCUT2D eigenvalue weighted by atomic mass is 9.69. The molecule has 0 spiro atoms. The number of nitrogens with zero attached hydrogens (tertiary/aromatic N) is 1. The SMILES string of the molecule is COc1cc(/C=C2\C[C@H](C(C)(C)C)Cc3c2nc2ccccc2c3C(=O)OCc2cc(=O)oc3cc(C)c(C(C)C)cc23)cc(OC)c1OC. The average molecular weight is 676 g/mol. The van der Waals surface area contributed by atoms with E-state index < -0.39 is 11.6 Å². The highest BCUT2D eigenvalue weighted by atomic mass is 16.5. The zero-order valence-electron chi connectivity index (χ0n) is 30.4. The molecular weight excluding hydrogens is 630 g/mol. The summed E-state index contributed by atoms with van der Waals surface area (Å²) in [4.78, 5) is 32.2. The lowest BCUT2D eigenvalue weighted by molar-refractivity contribution is 0.0473. The number of rotatable bonds is 8. The summed E-state index contributed by atoms with van der Waals surface area (Å²) in [7, 11) is 4.78. The first-order valence-electron chi connectivity index (χ1n) is 17.0. The molecule has 5 aromatic rings. The summed E-state index contributed by atoms with van der Waals surface area (Å²) in [6, 6.07) is 16.9. The van der Waals surface area contributed by atoms with E-state index in [1.54, 1.807) is 21.3 Å². The predicted octanol–water partition coefficient (Wildman–Crippen LogP) is 9.30. The molecule has 0 radical (unpaired) electrons. The van der Waals surface area contributed by atoms with E-state index in [0.29, 0.717) is 45.9 Å². The van der Waals surface area contributed by atoms with Crippen molar-refractivity contribution >= 4 is 39.5 Å². The van der Waals surface area contributed by atoms with Gasteiger partial charge in [-0.25, -0.2) is 14.6 Å². The fraction of sp³-hybridized carbons (Fsp3) is 0.357. The minimum absolute atomic E-state index is 0.0673. The van der Waals surface area contributed by atoms with Gasteiger partial charge in [-0.05, 0) is 101 Å². The van der Waals surface area contributed by atoms with E-state index in [0.717, 1.165) is 50.7 Å². The van der Waals surface area contributed by atoms with Crippen molar-refractivity contribution in [3.63, 3.8) is 0 Å². The summed E-state index contributed by atoms with van der Waals surface area (Å²) in [5.74, 6) is 1.64. The Labute approximate surface area is 293 Å². The van der Waals surface area contributed by atoms with E-state index in [-0.39, 0.29) is 23.9 Å². The van der Waals surface area contributed by atoms with Gasteiger partial charge in [-0.3, -0.25) is 0 Å². The zero-order valence-corrected chi connectivity index (χ0v) is 30.4. The molecular formula is C42H45NO7. The van der Waals surface area contributed by atoms with Crippen LogP contribution in [0.2, 0.25) is 0 Å². The van der Waals surface area contributed by atoms with Crippen LogP contribution in [-0.2, 0) is 17.8 Å². The summed E-state index contributed by atoms with van der Waals surface area (Å²) in [6.45, 7) is 12.9. The number of para-hydroxylation sites is 1. The number of fused-ring (bicyclic) bond motifs is 3. The molecule has 1 aliphatic rings. The number of methoxy groups -OCH3 is 3. The number of esters is 1. The van der Waals surface area contributed by atoms with Gasteiger partial charge >= 0.3 is 11.6 Å². The number of benzene rings is 3. The second-order valence-corrected chi connectivity index (χ2v) is 14.5. The smallest absolute Gasteiger partial charge is 0.339 e. The highest BCUT2D eigenvalue weighted by Gasteiger charge is 2.35. The normalized spacial score (nSPS) is 15.4. The number of aryl methyl sites for hydroxylation is 1. The van der Waals surface area contributed by atoms with E-state index in [1.807, 2.05) is 55.5 Å². The number of carbonyl (C=O) groups is 1. The van der Waals surface area contributed by atoms with Gasteiger partial charge in [0.05, 0.1) is 38.1 Å². The molecule has 0 amide bonds. The van der Waals surface area contributed by atoms with Crippen LogP contribution in [0.15, 0.2) is 63.8 Å². The summed E-state index contributed by atoms with van der Waals surface area (Å²) in [5.41, 5.74) is 7.42. The third-order valence-electron chi connectivity index (χ3n) is 9.87. The molecule has 0 saturated heterocycles. The number of hydrogen-bond donors (Lipinski definition) is 0. The largest absolute Gasteiger partial charge is 0.493 e. The van der Waals surface area contributed by atoms with Crippen LogP contribution in [0.5, 0.6) is 17.2 Å². The molecule has 8 nitrogen and oxygen atoms in total. The van der Waals surface area contributed by atoms with E-state index >= 15 is 0 Å². The van der Waals surface area contributed by atoms with Gasteiger partial charge < -0.3 is 23.4 Å². The van der Waals surface area contributed by atoms with Crippen molar-refractivity contribution in [2.45, 2.75) is 66.9 Å². The van der Waals surface area contributed by atoms with Gasteiger partial charge in [-0.1, -0.05) is 52.8 Å². The molecule has 0 bridgehead atoms. The first kappa shape index (κ1) is 34.7. The van der Waals surface area contributed by atoms with Gasteiger partial charge in [0.1, 0.15) is 12.2 Å². The van der Waals surface area contributed by atoms with Crippen LogP contribution in [0.3, 0.4) is 0 Å². The van der Waals surface area contributed by atoms with Gasteiger partial charge in [0.2, 0.25) is 5.75 Å². The van der Waals surface area contributed by atoms with Gasteiger partial charge in [0, 0.05) is 22.4 Å². The maximum atomic E-state index is 14.4. The topological polar surface area (TPSA) is 97.1 Å². The molecule has 50 heavy (non-hydrogen) atoms. The van der Waals surface area contributed by atoms with Crippen LogP contribution in [-0.4, -0.2) is 32.3 Å². The first-order valence-corrected chi connectivity index (χ1v) is 17.0. The molecule has 2 aromatic heterocycles. The molecule has 6 rings (SSSR count). The van der Waals surface area contributed by atoms with Gasteiger partial charge in [-0.15, -0.1) is 0 Å². The second kappa shape index (κ2) is 13.7. The highest BCUT2D eigenvalue weighted by molar-refractivity contribution is 6.07. The van der Waals surface area contributed by atoms with Crippen molar-refractivity contribution in [2.24, 2.45) is 11.3 Å². The van der Waals surface area contributed by atoms with Crippen molar-refractivity contribution in [1.82, 2.24) is 4.98 Å². The molecule has 260 valence electrons. The van der Waals surface area contributed by atoms with E-state index in [2.05, 4.69) is 40.7 Å². The number of allylic oxidation sites excluding steroid dienone is 1. The average Bonchev–Trinajstić information content (AvgIpc) is 3.07. The summed E-state index contributed by atoms with van der Waals surface area (Å²) < 4.78 is 28.5. The van der Waals surface area contributed by atoms with Gasteiger partial charge in [0.25, 0.3) is 0 Å². The molecule has 1 aliphatic carbocycles. The molecule has 3 aromatic carbocycles. The van der Waals surface area contributed by atoms with Crippen molar-refractivity contribution in [3.05, 3.63) is 104 Å². The Balaban J connectivity index is 1.49. The van der Waals surface area contributed by atoms with Crippen LogP contribution < -0.4 is 19.8 Å². The summed E-state index contributed by atoms with van der Waals surface area (Å²) in [6.07, 6.45) is 3.51. The molecule has 0 N–H and O–H groups in total. The molecule has 0 saturated carbocycles. The number of ether oxygens (including phenoxy) is 4. The van der Waals surface area contributed by atoms with E-state index in [1.165, 1.54) is 6.07 Å². The third-order valence-corrected chi connectivity index (χ3v) is 9.87. The van der Waals surface area contributed by atoms with Crippen LogP contribution in [0.4, 0.5) is 0 Å². The monoisotopic (exact) mass is 675 g/mol. The zero-order chi connectivity index (χ0) is 35.9. The number of aromatic nitrogens is 1. The van der Waals surface area contributed by atoms with Crippen molar-refractivity contribution < 1.29 is 28.2 Å². The lowest BCUT2D eigenvalue weighted by Crippen LogP contribution is -2.28. The highest BCUT2D eigenvalue weighted by Crippen LogP contribution is 2.46. The van der Waals surface area contributed by atoms with E-state index in [9.17, 15) is 9.59 Å². The Morgan fingerprint density at radius 2 is 1.66 bits per heavy atom. The standard InChI is InChI=1S/C42H45NO7/c1-23(2)30-21-31-27(19-37(44)50-34(31)14-24(30)3)22-49-41(45)38-29-12-10-11-13-33(29)43-39-26(18-28(20-32(38)39)42(4,5)6)15-25-16-35(46-7)40(48-9)36(17-25)47-8/h10-17,19,21,23,28H,18,20,22H2,1-9H3/b26-15+/t28-/m0/s1. The van der Waals surface area contributed by atoms with Gasteiger partial charge in [0.15, 0.2) is 11.5 Å². The van der Waals surface area contributed by atoms with Crippen LogP contribution >= 0.6 is 0 Å². The number of carbonyl (C=O) groups excluding carboxylic acids is 1. The predicted molar refractivity (Wildman–Crippen MR) is 197 cm³/mol. The molecule has 8 heteroatoms. The second-order valence-electron chi connectivity index (χ2n) is 14.5.